The second kappa shape index (κ2) is 3.34. The molecule has 1 aromatic rings. The van der Waals surface area contributed by atoms with Gasteiger partial charge in [0.1, 0.15) is 11.6 Å². The summed E-state index contributed by atoms with van der Waals surface area (Å²) in [5.41, 5.74) is 0.728. The maximum Gasteiger partial charge on any atom is 0.308 e. The van der Waals surface area contributed by atoms with Crippen molar-refractivity contribution in [2.75, 3.05) is 0 Å². The number of ether oxygens (including phenoxy) is 1. The zero-order valence-electron chi connectivity index (χ0n) is 6.93. The van der Waals surface area contributed by atoms with Gasteiger partial charge in [-0.2, -0.15) is 0 Å². The van der Waals surface area contributed by atoms with E-state index in [-0.39, 0.29) is 5.75 Å². The number of rotatable bonds is 1. The van der Waals surface area contributed by atoms with Crippen LogP contribution in [0.5, 0.6) is 5.75 Å². The van der Waals surface area contributed by atoms with Gasteiger partial charge in [-0.15, -0.1) is 0 Å². The van der Waals surface area contributed by atoms with Crippen molar-refractivity contribution in [3.63, 3.8) is 0 Å². The van der Waals surface area contributed by atoms with Crippen molar-refractivity contribution in [3.05, 3.63) is 29.6 Å². The highest BCUT2D eigenvalue weighted by Crippen LogP contribution is 2.15. The smallest absolute Gasteiger partial charge is 0.308 e. The molecule has 0 aliphatic rings. The molecule has 0 aliphatic heterocycles. The number of halogens is 1. The van der Waals surface area contributed by atoms with E-state index in [1.807, 2.05) is 0 Å². The van der Waals surface area contributed by atoms with E-state index in [1.165, 1.54) is 19.1 Å². The molecule has 3 heteroatoms. The molecule has 1 aromatic carbocycles. The second-order valence-corrected chi connectivity index (χ2v) is 2.56. The van der Waals surface area contributed by atoms with Crippen LogP contribution in [0.4, 0.5) is 4.39 Å². The number of hydrogen-bond donors (Lipinski definition) is 0. The molecule has 0 aromatic heterocycles. The van der Waals surface area contributed by atoms with Gasteiger partial charge >= 0.3 is 5.97 Å². The summed E-state index contributed by atoms with van der Waals surface area (Å²) >= 11 is 0. The fraction of sp³-hybridized carbons (Fsp3) is 0.222. The molecule has 0 spiro atoms. The van der Waals surface area contributed by atoms with Crippen molar-refractivity contribution in [2.24, 2.45) is 0 Å². The molecule has 0 amide bonds. The molecule has 0 fully saturated rings. The summed E-state index contributed by atoms with van der Waals surface area (Å²) in [4.78, 5) is 10.5. The number of aryl methyl sites for hydroxylation is 1. The third-order valence-electron chi connectivity index (χ3n) is 1.28. The van der Waals surface area contributed by atoms with Gasteiger partial charge in [-0.1, -0.05) is 0 Å². The molecule has 0 atom stereocenters. The molecule has 0 bridgehead atoms. The first-order valence-corrected chi connectivity index (χ1v) is 3.53. The second-order valence-electron chi connectivity index (χ2n) is 2.56. The first-order chi connectivity index (χ1) is 5.58. The van der Waals surface area contributed by atoms with E-state index in [0.717, 1.165) is 5.56 Å². The molecule has 2 nitrogen and oxygen atoms in total. The Morgan fingerprint density at radius 1 is 1.42 bits per heavy atom. The van der Waals surface area contributed by atoms with Crippen molar-refractivity contribution < 1.29 is 13.9 Å². The average Bonchev–Trinajstić information content (AvgIpc) is 1.81. The van der Waals surface area contributed by atoms with Crippen molar-refractivity contribution in [2.45, 2.75) is 13.8 Å². The zero-order chi connectivity index (χ0) is 9.14. The third kappa shape index (κ3) is 2.34. The molecule has 12 heavy (non-hydrogen) atoms. The Kier molecular flexibility index (Phi) is 2.43. The van der Waals surface area contributed by atoms with Crippen molar-refractivity contribution >= 4 is 5.97 Å². The molecule has 1 rings (SSSR count). The minimum atomic E-state index is -0.444. The Morgan fingerprint density at radius 3 is 2.58 bits per heavy atom. The fourth-order valence-electron chi connectivity index (χ4n) is 0.928. The highest BCUT2D eigenvalue weighted by Gasteiger charge is 2.00. The number of carbonyl (C=O) groups is 1. The zero-order valence-corrected chi connectivity index (χ0v) is 6.93. The maximum atomic E-state index is 12.7. The normalized spacial score (nSPS) is 9.58. The summed E-state index contributed by atoms with van der Waals surface area (Å²) in [6, 6.07) is 4.14. The number of hydrogen-bond acceptors (Lipinski definition) is 2. The lowest BCUT2D eigenvalue weighted by molar-refractivity contribution is -0.131. The summed E-state index contributed by atoms with van der Waals surface area (Å²) in [5.74, 6) is -0.591. The van der Waals surface area contributed by atoms with E-state index in [9.17, 15) is 9.18 Å². The largest absolute Gasteiger partial charge is 0.427 e. The molecule has 0 aliphatic carbocycles. The van der Waals surface area contributed by atoms with Crippen molar-refractivity contribution in [3.8, 4) is 5.75 Å². The Morgan fingerprint density at radius 2 is 2.08 bits per heavy atom. The standard InChI is InChI=1S/C9H9FO2/c1-6-3-8(10)5-9(4-6)12-7(2)11/h3-5H,1-2H3. The Labute approximate surface area is 70.0 Å². The lowest BCUT2D eigenvalue weighted by Gasteiger charge is -2.01. The molecule has 0 radical (unpaired) electrons. The van der Waals surface area contributed by atoms with Gasteiger partial charge in [0.2, 0.25) is 0 Å². The van der Waals surface area contributed by atoms with E-state index in [2.05, 4.69) is 0 Å². The summed E-state index contributed by atoms with van der Waals surface area (Å²) < 4.78 is 17.4. The average molecular weight is 168 g/mol. The van der Waals surface area contributed by atoms with Crippen LogP contribution in [0.15, 0.2) is 18.2 Å². The summed E-state index contributed by atoms with van der Waals surface area (Å²) in [6.45, 7) is 3.01. The van der Waals surface area contributed by atoms with Gasteiger partial charge < -0.3 is 4.74 Å². The number of esters is 1. The van der Waals surface area contributed by atoms with Gasteiger partial charge in [-0.05, 0) is 24.6 Å². The van der Waals surface area contributed by atoms with Gasteiger partial charge in [-0.25, -0.2) is 4.39 Å². The van der Waals surface area contributed by atoms with E-state index < -0.39 is 11.8 Å². The van der Waals surface area contributed by atoms with E-state index in [1.54, 1.807) is 13.0 Å². The lowest BCUT2D eigenvalue weighted by Crippen LogP contribution is -2.01. The van der Waals surface area contributed by atoms with Crippen LogP contribution in [0.1, 0.15) is 12.5 Å². The van der Waals surface area contributed by atoms with E-state index in [4.69, 9.17) is 4.74 Å². The fourth-order valence-corrected chi connectivity index (χ4v) is 0.928. The van der Waals surface area contributed by atoms with E-state index in [0.29, 0.717) is 0 Å². The van der Waals surface area contributed by atoms with Gasteiger partial charge in [0.05, 0.1) is 0 Å². The van der Waals surface area contributed by atoms with Crippen molar-refractivity contribution in [1.82, 2.24) is 0 Å². The third-order valence-corrected chi connectivity index (χ3v) is 1.28. The number of benzene rings is 1. The van der Waals surface area contributed by atoms with Crippen LogP contribution in [-0.4, -0.2) is 5.97 Å². The maximum absolute atomic E-state index is 12.7. The highest BCUT2D eigenvalue weighted by molar-refractivity contribution is 5.69. The first kappa shape index (κ1) is 8.71. The SMILES string of the molecule is CC(=O)Oc1cc(C)cc(F)c1. The van der Waals surface area contributed by atoms with Crippen LogP contribution >= 0.6 is 0 Å². The van der Waals surface area contributed by atoms with Gasteiger partial charge in [-0.3, -0.25) is 4.79 Å². The van der Waals surface area contributed by atoms with Crippen LogP contribution < -0.4 is 4.74 Å². The molecule has 0 unspecified atom stereocenters. The van der Waals surface area contributed by atoms with Gasteiger partial charge in [0.15, 0.2) is 0 Å². The minimum absolute atomic E-state index is 0.250. The minimum Gasteiger partial charge on any atom is -0.427 e. The predicted octanol–water partition coefficient (Wildman–Crippen LogP) is 2.06. The van der Waals surface area contributed by atoms with Crippen LogP contribution in [0.3, 0.4) is 0 Å². The highest BCUT2D eigenvalue weighted by atomic mass is 19.1. The first-order valence-electron chi connectivity index (χ1n) is 3.53. The molecule has 0 N–H and O–H groups in total. The van der Waals surface area contributed by atoms with Gasteiger partial charge in [0, 0.05) is 13.0 Å². The lowest BCUT2D eigenvalue weighted by atomic mass is 10.2. The Hall–Kier alpha value is -1.38. The predicted molar refractivity (Wildman–Crippen MR) is 42.4 cm³/mol. The summed E-state index contributed by atoms with van der Waals surface area (Å²) in [7, 11) is 0. The summed E-state index contributed by atoms with van der Waals surface area (Å²) in [5, 5.41) is 0. The van der Waals surface area contributed by atoms with Gasteiger partial charge in [0.25, 0.3) is 0 Å². The topological polar surface area (TPSA) is 26.3 Å². The Balaban J connectivity index is 2.93. The number of carbonyl (C=O) groups excluding carboxylic acids is 1. The van der Waals surface area contributed by atoms with Crippen LogP contribution in [0.25, 0.3) is 0 Å². The molecule has 0 saturated carbocycles. The van der Waals surface area contributed by atoms with Crippen LogP contribution in [0.2, 0.25) is 0 Å². The quantitative estimate of drug-likeness (QED) is 0.474. The molecule has 0 saturated heterocycles. The van der Waals surface area contributed by atoms with Crippen LogP contribution in [-0.2, 0) is 4.79 Å². The summed E-state index contributed by atoms with van der Waals surface area (Å²) in [6.07, 6.45) is 0. The van der Waals surface area contributed by atoms with E-state index >= 15 is 0 Å². The molecular formula is C9H9FO2. The van der Waals surface area contributed by atoms with Crippen LogP contribution in [0, 0.1) is 12.7 Å². The monoisotopic (exact) mass is 168 g/mol. The molecular weight excluding hydrogens is 159 g/mol. The molecule has 64 valence electrons. The molecule has 0 heterocycles. The van der Waals surface area contributed by atoms with Crippen molar-refractivity contribution in [1.29, 1.82) is 0 Å². The Bertz CT molecular complexity index is 287.